The van der Waals surface area contributed by atoms with Gasteiger partial charge in [-0.05, 0) is 30.4 Å². The molecular formula is C14H18O4. The highest BCUT2D eigenvalue weighted by Gasteiger charge is 2.43. The van der Waals surface area contributed by atoms with Gasteiger partial charge in [0.15, 0.2) is 0 Å². The van der Waals surface area contributed by atoms with Gasteiger partial charge < -0.3 is 14.9 Å². The van der Waals surface area contributed by atoms with Crippen molar-refractivity contribution in [2.45, 2.75) is 19.3 Å². The third-order valence-electron chi connectivity index (χ3n) is 3.59. The number of fused-ring (bicyclic) bond motifs is 1. The van der Waals surface area contributed by atoms with E-state index in [1.807, 2.05) is 24.3 Å². The highest BCUT2D eigenvalue weighted by atomic mass is 16.5. The molecule has 4 heteroatoms. The Bertz CT molecular complexity index is 403. The van der Waals surface area contributed by atoms with Crippen molar-refractivity contribution in [2.24, 2.45) is 5.41 Å². The number of carbonyl (C=O) groups is 1. The Morgan fingerprint density at radius 3 is 2.33 bits per heavy atom. The number of aliphatic hydroxyl groups excluding tert-OH is 1. The van der Waals surface area contributed by atoms with E-state index in [-0.39, 0.29) is 13.2 Å². The van der Waals surface area contributed by atoms with Gasteiger partial charge in [-0.25, -0.2) is 0 Å². The van der Waals surface area contributed by atoms with Crippen molar-refractivity contribution in [1.82, 2.24) is 0 Å². The number of rotatable bonds is 6. The Labute approximate surface area is 106 Å². The molecule has 0 saturated carbocycles. The average Bonchev–Trinajstić information content (AvgIpc) is 2.74. The van der Waals surface area contributed by atoms with E-state index in [9.17, 15) is 9.90 Å². The van der Waals surface area contributed by atoms with Gasteiger partial charge in [0.1, 0.15) is 0 Å². The molecular weight excluding hydrogens is 232 g/mol. The molecule has 0 heterocycles. The van der Waals surface area contributed by atoms with Crippen LogP contribution in [0.15, 0.2) is 24.3 Å². The highest BCUT2D eigenvalue weighted by molar-refractivity contribution is 5.77. The monoisotopic (exact) mass is 250 g/mol. The van der Waals surface area contributed by atoms with Gasteiger partial charge in [-0.3, -0.25) is 4.79 Å². The van der Waals surface area contributed by atoms with Crippen molar-refractivity contribution in [1.29, 1.82) is 0 Å². The number of hydrogen-bond donors (Lipinski definition) is 2. The molecule has 1 aliphatic carbocycles. The number of aliphatic carboxylic acids is 1. The molecule has 2 rings (SSSR count). The van der Waals surface area contributed by atoms with Crippen LogP contribution in [0.1, 0.15) is 17.5 Å². The second-order valence-electron chi connectivity index (χ2n) is 4.79. The molecule has 98 valence electrons. The average molecular weight is 250 g/mol. The Kier molecular flexibility index (Phi) is 3.99. The fourth-order valence-electron chi connectivity index (χ4n) is 2.56. The second kappa shape index (κ2) is 5.50. The molecule has 18 heavy (non-hydrogen) atoms. The van der Waals surface area contributed by atoms with E-state index in [0.717, 1.165) is 11.1 Å². The predicted molar refractivity (Wildman–Crippen MR) is 66.4 cm³/mol. The van der Waals surface area contributed by atoms with Gasteiger partial charge in [0.05, 0.1) is 18.6 Å². The zero-order valence-electron chi connectivity index (χ0n) is 10.3. The van der Waals surface area contributed by atoms with Crippen molar-refractivity contribution >= 4 is 5.97 Å². The number of ether oxygens (including phenoxy) is 1. The predicted octanol–water partition coefficient (Wildman–Crippen LogP) is 1.26. The largest absolute Gasteiger partial charge is 0.481 e. The second-order valence-corrected chi connectivity index (χ2v) is 4.79. The Hall–Kier alpha value is -1.39. The highest BCUT2D eigenvalue weighted by Crippen LogP contribution is 2.39. The zero-order chi connectivity index (χ0) is 13.0. The number of hydrogen-bond acceptors (Lipinski definition) is 3. The summed E-state index contributed by atoms with van der Waals surface area (Å²) in [5.74, 6) is -0.758. The van der Waals surface area contributed by atoms with Crippen LogP contribution in [0.25, 0.3) is 0 Å². The maximum absolute atomic E-state index is 11.6. The maximum atomic E-state index is 11.6. The molecule has 4 nitrogen and oxygen atoms in total. The van der Waals surface area contributed by atoms with Crippen molar-refractivity contribution in [3.63, 3.8) is 0 Å². The Balaban J connectivity index is 2.05. The summed E-state index contributed by atoms with van der Waals surface area (Å²) in [6, 6.07) is 7.88. The molecule has 0 aromatic heterocycles. The van der Waals surface area contributed by atoms with Gasteiger partial charge >= 0.3 is 5.97 Å². The minimum Gasteiger partial charge on any atom is -0.481 e. The molecule has 1 aromatic rings. The molecule has 0 bridgehead atoms. The lowest BCUT2D eigenvalue weighted by atomic mass is 9.82. The molecule has 0 unspecified atom stereocenters. The number of carboxylic acid groups (broad SMARTS) is 1. The summed E-state index contributed by atoms with van der Waals surface area (Å²) in [5, 5.41) is 18.1. The smallest absolute Gasteiger partial charge is 0.310 e. The van der Waals surface area contributed by atoms with Gasteiger partial charge in [0.25, 0.3) is 0 Å². The van der Waals surface area contributed by atoms with Gasteiger partial charge in [-0.2, -0.15) is 0 Å². The van der Waals surface area contributed by atoms with Gasteiger partial charge in [-0.1, -0.05) is 24.3 Å². The first-order chi connectivity index (χ1) is 8.68. The quantitative estimate of drug-likeness (QED) is 0.746. The molecule has 0 saturated heterocycles. The number of carboxylic acids is 1. The molecule has 0 atom stereocenters. The molecule has 0 radical (unpaired) electrons. The van der Waals surface area contributed by atoms with Crippen LogP contribution < -0.4 is 0 Å². The van der Waals surface area contributed by atoms with Gasteiger partial charge in [-0.15, -0.1) is 0 Å². The summed E-state index contributed by atoms with van der Waals surface area (Å²) in [6.07, 6.45) is 1.62. The van der Waals surface area contributed by atoms with E-state index in [0.29, 0.717) is 25.9 Å². The normalized spacial score (nSPS) is 16.5. The van der Waals surface area contributed by atoms with Crippen molar-refractivity contribution in [3.05, 3.63) is 35.4 Å². The van der Waals surface area contributed by atoms with E-state index in [1.54, 1.807) is 0 Å². The lowest BCUT2D eigenvalue weighted by Crippen LogP contribution is -2.33. The van der Waals surface area contributed by atoms with E-state index in [1.165, 1.54) is 0 Å². The van der Waals surface area contributed by atoms with E-state index in [2.05, 4.69) is 0 Å². The van der Waals surface area contributed by atoms with Crippen LogP contribution in [-0.2, 0) is 22.4 Å². The van der Waals surface area contributed by atoms with Crippen LogP contribution in [0.5, 0.6) is 0 Å². The summed E-state index contributed by atoms with van der Waals surface area (Å²) < 4.78 is 5.21. The van der Waals surface area contributed by atoms with E-state index in [4.69, 9.17) is 9.84 Å². The minimum atomic E-state index is -0.758. The summed E-state index contributed by atoms with van der Waals surface area (Å²) in [7, 11) is 0. The van der Waals surface area contributed by atoms with Crippen LogP contribution in [0.4, 0.5) is 0 Å². The van der Waals surface area contributed by atoms with Crippen LogP contribution in [0.2, 0.25) is 0 Å². The zero-order valence-corrected chi connectivity index (χ0v) is 10.3. The summed E-state index contributed by atoms with van der Waals surface area (Å²) >= 11 is 0. The topological polar surface area (TPSA) is 66.8 Å². The minimum absolute atomic E-state index is 0.0275. The Morgan fingerprint density at radius 2 is 1.83 bits per heavy atom. The molecule has 0 amide bonds. The summed E-state index contributed by atoms with van der Waals surface area (Å²) in [5.41, 5.74) is 1.52. The third kappa shape index (κ3) is 2.54. The fraction of sp³-hybridized carbons (Fsp3) is 0.500. The lowest BCUT2D eigenvalue weighted by molar-refractivity contribution is -0.149. The van der Waals surface area contributed by atoms with Gasteiger partial charge in [0.2, 0.25) is 0 Å². The number of benzene rings is 1. The third-order valence-corrected chi connectivity index (χ3v) is 3.59. The molecule has 2 N–H and O–H groups in total. The Morgan fingerprint density at radius 1 is 1.22 bits per heavy atom. The van der Waals surface area contributed by atoms with Crippen molar-refractivity contribution in [2.75, 3.05) is 19.8 Å². The van der Waals surface area contributed by atoms with Crippen LogP contribution in [0, 0.1) is 5.41 Å². The molecule has 1 aliphatic rings. The lowest BCUT2D eigenvalue weighted by Gasteiger charge is -2.23. The molecule has 0 fully saturated rings. The summed E-state index contributed by atoms with van der Waals surface area (Å²) in [6.45, 7) is 0.615. The number of aliphatic hydroxyl groups is 1. The SMILES string of the molecule is O=C(O)C1(CCOCCO)Cc2ccccc2C1. The molecule has 0 spiro atoms. The van der Waals surface area contributed by atoms with Crippen LogP contribution in [0.3, 0.4) is 0 Å². The van der Waals surface area contributed by atoms with Gasteiger partial charge in [0, 0.05) is 6.61 Å². The first kappa shape index (κ1) is 13.1. The molecule has 0 aliphatic heterocycles. The standard InChI is InChI=1S/C14H18O4/c15-6-8-18-7-5-14(13(16)17)9-11-3-1-2-4-12(11)10-14/h1-4,15H,5-10H2,(H,16,17). The van der Waals surface area contributed by atoms with Crippen molar-refractivity contribution < 1.29 is 19.7 Å². The molecule has 1 aromatic carbocycles. The van der Waals surface area contributed by atoms with Crippen LogP contribution >= 0.6 is 0 Å². The summed E-state index contributed by atoms with van der Waals surface area (Å²) in [4.78, 5) is 11.6. The first-order valence-electron chi connectivity index (χ1n) is 6.17. The van der Waals surface area contributed by atoms with Crippen LogP contribution in [-0.4, -0.2) is 36.0 Å². The maximum Gasteiger partial charge on any atom is 0.310 e. The van der Waals surface area contributed by atoms with E-state index < -0.39 is 11.4 Å². The van der Waals surface area contributed by atoms with E-state index >= 15 is 0 Å². The van der Waals surface area contributed by atoms with Crippen molar-refractivity contribution in [3.8, 4) is 0 Å². The fourth-order valence-corrected chi connectivity index (χ4v) is 2.56. The first-order valence-corrected chi connectivity index (χ1v) is 6.17.